The number of nitrogens with zero attached hydrogens (tertiary/aromatic N) is 1. The van der Waals surface area contributed by atoms with Crippen LogP contribution < -0.4 is 4.90 Å². The lowest BCUT2D eigenvalue weighted by molar-refractivity contribution is 1.25. The van der Waals surface area contributed by atoms with Crippen molar-refractivity contribution in [2.24, 2.45) is 0 Å². The summed E-state index contributed by atoms with van der Waals surface area (Å²) in [6.45, 7) is 4.34. The first-order valence-corrected chi connectivity index (χ1v) is 18.2. The summed E-state index contributed by atoms with van der Waals surface area (Å²) >= 11 is 0. The summed E-state index contributed by atoms with van der Waals surface area (Å²) in [5.74, 6) is 0. The van der Waals surface area contributed by atoms with Crippen LogP contribution in [0, 0.1) is 13.8 Å². The number of aryl methyl sites for hydroxylation is 2. The maximum absolute atomic E-state index is 2.33. The lowest BCUT2D eigenvalue weighted by Crippen LogP contribution is -2.10. The Labute approximate surface area is 314 Å². The number of rotatable bonds is 11. The Balaban J connectivity index is 1.15. The minimum atomic E-state index is 1.11. The van der Waals surface area contributed by atoms with Crippen LogP contribution in [0.2, 0.25) is 0 Å². The van der Waals surface area contributed by atoms with E-state index in [9.17, 15) is 0 Å². The fourth-order valence-corrected chi connectivity index (χ4v) is 6.48. The van der Waals surface area contributed by atoms with E-state index in [0.717, 1.165) is 28.2 Å². The smallest absolute Gasteiger partial charge is 0.0464 e. The number of hydrogen-bond acceptors (Lipinski definition) is 1. The van der Waals surface area contributed by atoms with E-state index in [1.54, 1.807) is 0 Å². The quantitative estimate of drug-likeness (QED) is 0.123. The maximum Gasteiger partial charge on any atom is 0.0464 e. The molecule has 1 nitrogen and oxygen atoms in total. The number of allylic oxidation sites excluding steroid dienone is 4. The van der Waals surface area contributed by atoms with Gasteiger partial charge in [-0.05, 0) is 106 Å². The summed E-state index contributed by atoms with van der Waals surface area (Å²) in [7, 11) is 0. The van der Waals surface area contributed by atoms with Gasteiger partial charge >= 0.3 is 0 Å². The second kappa shape index (κ2) is 17.0. The van der Waals surface area contributed by atoms with Crippen LogP contribution in [0.3, 0.4) is 0 Å². The molecular weight excluding hydrogens is 639 g/mol. The summed E-state index contributed by atoms with van der Waals surface area (Å²) < 4.78 is 0. The minimum Gasteiger partial charge on any atom is -0.310 e. The molecule has 1 heteroatoms. The average Bonchev–Trinajstić information content (AvgIpc) is 3.22. The van der Waals surface area contributed by atoms with Crippen LogP contribution in [0.1, 0.15) is 44.5 Å². The van der Waals surface area contributed by atoms with E-state index >= 15 is 0 Å². The van der Waals surface area contributed by atoms with Crippen molar-refractivity contribution in [2.45, 2.75) is 13.8 Å². The summed E-state index contributed by atoms with van der Waals surface area (Å²) in [6, 6.07) is 66.6. The first-order valence-electron chi connectivity index (χ1n) is 18.2. The van der Waals surface area contributed by atoms with Crippen molar-refractivity contribution in [3.05, 3.63) is 257 Å². The van der Waals surface area contributed by atoms with E-state index in [4.69, 9.17) is 0 Å². The van der Waals surface area contributed by atoms with Crippen LogP contribution in [0.25, 0.3) is 23.3 Å². The molecule has 53 heavy (non-hydrogen) atoms. The molecule has 0 amide bonds. The molecule has 0 fully saturated rings. The molecular formula is C52H43N. The fraction of sp³-hybridized carbons (Fsp3) is 0.0385. The molecule has 7 rings (SSSR count). The lowest BCUT2D eigenvalue weighted by atomic mass is 9.97. The predicted octanol–water partition coefficient (Wildman–Crippen LogP) is 14.1. The van der Waals surface area contributed by atoms with Crippen molar-refractivity contribution in [1.29, 1.82) is 0 Å². The topological polar surface area (TPSA) is 3.24 Å². The Bertz CT molecular complexity index is 2120. The van der Waals surface area contributed by atoms with Gasteiger partial charge in [-0.15, -0.1) is 0 Å². The zero-order valence-corrected chi connectivity index (χ0v) is 30.3. The van der Waals surface area contributed by atoms with Crippen molar-refractivity contribution in [3.8, 4) is 0 Å². The normalized spacial score (nSPS) is 11.1. The van der Waals surface area contributed by atoms with Crippen LogP contribution in [0.5, 0.6) is 0 Å². The third-order valence-electron chi connectivity index (χ3n) is 9.49. The Kier molecular flexibility index (Phi) is 11.1. The van der Waals surface area contributed by atoms with Gasteiger partial charge in [-0.3, -0.25) is 0 Å². The Hall–Kier alpha value is -6.70. The first-order chi connectivity index (χ1) is 26.1. The van der Waals surface area contributed by atoms with Gasteiger partial charge in [0.05, 0.1) is 0 Å². The molecule has 0 bridgehead atoms. The predicted molar refractivity (Wildman–Crippen MR) is 229 cm³/mol. The third-order valence-corrected chi connectivity index (χ3v) is 9.49. The minimum absolute atomic E-state index is 1.11. The SMILES string of the molecule is Cc1ccc(N(c2ccc(C=CC=C(c3ccccc3)c3ccccc3)cc2)c2ccc(C=CC=C(c3ccccc3)c3ccccc3)cc2)cc1C. The van der Waals surface area contributed by atoms with Gasteiger partial charge in [0.15, 0.2) is 0 Å². The molecule has 0 radical (unpaired) electrons. The Morgan fingerprint density at radius 3 is 1.04 bits per heavy atom. The number of hydrogen-bond donors (Lipinski definition) is 0. The molecule has 7 aromatic carbocycles. The van der Waals surface area contributed by atoms with E-state index in [1.807, 2.05) is 0 Å². The van der Waals surface area contributed by atoms with Crippen molar-refractivity contribution in [1.82, 2.24) is 0 Å². The van der Waals surface area contributed by atoms with E-state index in [2.05, 4.69) is 243 Å². The van der Waals surface area contributed by atoms with Gasteiger partial charge in [-0.25, -0.2) is 0 Å². The highest BCUT2D eigenvalue weighted by molar-refractivity contribution is 5.83. The van der Waals surface area contributed by atoms with Gasteiger partial charge in [-0.1, -0.05) is 188 Å². The fourth-order valence-electron chi connectivity index (χ4n) is 6.48. The van der Waals surface area contributed by atoms with E-state index in [-0.39, 0.29) is 0 Å². The van der Waals surface area contributed by atoms with E-state index < -0.39 is 0 Å². The van der Waals surface area contributed by atoms with Crippen molar-refractivity contribution in [3.63, 3.8) is 0 Å². The maximum atomic E-state index is 2.33. The molecule has 0 unspecified atom stereocenters. The summed E-state index contributed by atoms with van der Waals surface area (Å²) in [5.41, 5.74) is 15.4. The van der Waals surface area contributed by atoms with Gasteiger partial charge in [0.1, 0.15) is 0 Å². The Morgan fingerprint density at radius 1 is 0.358 bits per heavy atom. The molecule has 7 aromatic rings. The molecule has 0 aliphatic rings. The van der Waals surface area contributed by atoms with E-state index in [1.165, 1.54) is 44.5 Å². The molecule has 0 atom stereocenters. The molecule has 0 aliphatic carbocycles. The van der Waals surface area contributed by atoms with Crippen LogP contribution >= 0.6 is 0 Å². The zero-order chi connectivity index (χ0) is 36.2. The second-order valence-electron chi connectivity index (χ2n) is 13.1. The van der Waals surface area contributed by atoms with Crippen LogP contribution in [-0.2, 0) is 0 Å². The highest BCUT2D eigenvalue weighted by Crippen LogP contribution is 2.36. The Morgan fingerprint density at radius 2 is 0.698 bits per heavy atom. The number of benzene rings is 7. The molecule has 0 heterocycles. The van der Waals surface area contributed by atoms with Crippen LogP contribution in [0.4, 0.5) is 17.1 Å². The molecule has 0 saturated carbocycles. The van der Waals surface area contributed by atoms with Gasteiger partial charge in [0.25, 0.3) is 0 Å². The molecule has 256 valence electrons. The van der Waals surface area contributed by atoms with Crippen LogP contribution in [0.15, 0.2) is 212 Å². The van der Waals surface area contributed by atoms with Gasteiger partial charge in [0.2, 0.25) is 0 Å². The van der Waals surface area contributed by atoms with Crippen molar-refractivity contribution in [2.75, 3.05) is 4.90 Å². The first kappa shape index (κ1) is 34.7. The highest BCUT2D eigenvalue weighted by atomic mass is 15.1. The van der Waals surface area contributed by atoms with Crippen molar-refractivity contribution < 1.29 is 0 Å². The lowest BCUT2D eigenvalue weighted by Gasteiger charge is -2.26. The zero-order valence-electron chi connectivity index (χ0n) is 30.3. The van der Waals surface area contributed by atoms with Crippen LogP contribution in [-0.4, -0.2) is 0 Å². The third kappa shape index (κ3) is 8.79. The monoisotopic (exact) mass is 681 g/mol. The molecule has 0 aromatic heterocycles. The molecule has 0 spiro atoms. The van der Waals surface area contributed by atoms with Crippen molar-refractivity contribution >= 4 is 40.4 Å². The van der Waals surface area contributed by atoms with Gasteiger partial charge in [-0.2, -0.15) is 0 Å². The molecule has 0 aliphatic heterocycles. The standard InChI is InChI=1S/C52H43N/c1-40-29-34-50(39-41(40)2)53(48-35-30-42(31-36-48)17-15-27-51(44-19-7-3-8-20-44)45-21-9-4-10-22-45)49-37-32-43(33-38-49)18-16-28-52(46-23-11-5-12-24-46)47-25-13-6-14-26-47/h3-39H,1-2H3. The van der Waals surface area contributed by atoms with Gasteiger partial charge < -0.3 is 4.90 Å². The van der Waals surface area contributed by atoms with Gasteiger partial charge in [0, 0.05) is 17.1 Å². The average molecular weight is 682 g/mol. The summed E-state index contributed by atoms with van der Waals surface area (Å²) in [6.07, 6.45) is 13.1. The molecule has 0 saturated heterocycles. The summed E-state index contributed by atoms with van der Waals surface area (Å²) in [4.78, 5) is 2.33. The second-order valence-corrected chi connectivity index (χ2v) is 13.1. The summed E-state index contributed by atoms with van der Waals surface area (Å²) in [5, 5.41) is 0. The number of anilines is 3. The van der Waals surface area contributed by atoms with E-state index in [0.29, 0.717) is 0 Å². The largest absolute Gasteiger partial charge is 0.310 e. The highest BCUT2D eigenvalue weighted by Gasteiger charge is 2.13. The molecule has 0 N–H and O–H groups in total.